The number of benzene rings is 1. The third-order valence-electron chi connectivity index (χ3n) is 5.22. The van der Waals surface area contributed by atoms with Crippen LogP contribution in [0.4, 0.5) is 4.39 Å². The molecule has 1 aromatic heterocycles. The van der Waals surface area contributed by atoms with Gasteiger partial charge in [-0.3, -0.25) is 4.79 Å². The van der Waals surface area contributed by atoms with Crippen LogP contribution in [0.2, 0.25) is 0 Å². The van der Waals surface area contributed by atoms with E-state index >= 15 is 0 Å². The number of nitrogens with zero attached hydrogens (tertiary/aromatic N) is 2. The van der Waals surface area contributed by atoms with Crippen LogP contribution in [0.3, 0.4) is 0 Å². The molecule has 2 aromatic rings. The summed E-state index contributed by atoms with van der Waals surface area (Å²) in [4.78, 5) is 21.4. The molecule has 2 fully saturated rings. The first-order valence-electron chi connectivity index (χ1n) is 9.15. The predicted octanol–water partition coefficient (Wildman–Crippen LogP) is 3.21. The predicted molar refractivity (Wildman–Crippen MR) is 93.7 cm³/mol. The molecule has 6 heteroatoms. The van der Waals surface area contributed by atoms with Crippen molar-refractivity contribution in [1.82, 2.24) is 15.3 Å². The van der Waals surface area contributed by atoms with Crippen LogP contribution in [0, 0.1) is 5.82 Å². The van der Waals surface area contributed by atoms with Gasteiger partial charge < -0.3 is 10.1 Å². The van der Waals surface area contributed by atoms with E-state index in [0.29, 0.717) is 30.8 Å². The summed E-state index contributed by atoms with van der Waals surface area (Å²) in [6, 6.07) is 6.51. The number of aromatic nitrogens is 2. The molecule has 136 valence electrons. The number of hydrogen-bond acceptors (Lipinski definition) is 4. The zero-order valence-electron chi connectivity index (χ0n) is 14.6. The van der Waals surface area contributed by atoms with E-state index in [0.717, 1.165) is 31.4 Å². The van der Waals surface area contributed by atoms with Crippen LogP contribution < -0.4 is 5.32 Å². The van der Waals surface area contributed by atoms with E-state index in [4.69, 9.17) is 4.74 Å². The molecule has 1 saturated carbocycles. The Morgan fingerprint density at radius 1 is 1.23 bits per heavy atom. The van der Waals surface area contributed by atoms with Gasteiger partial charge in [0.1, 0.15) is 11.9 Å². The van der Waals surface area contributed by atoms with Gasteiger partial charge in [0.15, 0.2) is 5.82 Å². The number of ether oxygens (including phenoxy) is 1. The summed E-state index contributed by atoms with van der Waals surface area (Å²) in [6.45, 7) is 1.09. The van der Waals surface area contributed by atoms with E-state index in [1.807, 2.05) is 0 Å². The fraction of sp³-hybridized carbons (Fsp3) is 0.450. The van der Waals surface area contributed by atoms with E-state index in [-0.39, 0.29) is 17.8 Å². The molecule has 1 amide bonds. The fourth-order valence-corrected chi connectivity index (χ4v) is 3.51. The third kappa shape index (κ3) is 3.33. The van der Waals surface area contributed by atoms with Crippen molar-refractivity contribution in [2.24, 2.45) is 0 Å². The first kappa shape index (κ1) is 17.1. The van der Waals surface area contributed by atoms with E-state index in [1.165, 1.54) is 6.07 Å². The topological polar surface area (TPSA) is 64.1 Å². The van der Waals surface area contributed by atoms with Gasteiger partial charge in [-0.1, -0.05) is 18.2 Å². The molecule has 1 aliphatic heterocycles. The van der Waals surface area contributed by atoms with Gasteiger partial charge >= 0.3 is 0 Å². The molecule has 1 saturated heterocycles. The van der Waals surface area contributed by atoms with Crippen LogP contribution >= 0.6 is 0 Å². The van der Waals surface area contributed by atoms with E-state index in [9.17, 15) is 9.18 Å². The van der Waals surface area contributed by atoms with Crippen molar-refractivity contribution in [2.45, 2.75) is 50.2 Å². The lowest BCUT2D eigenvalue weighted by molar-refractivity contribution is -0.123. The minimum absolute atomic E-state index is 0.0248. The number of halogens is 1. The highest BCUT2D eigenvalue weighted by Crippen LogP contribution is 2.49. The molecule has 26 heavy (non-hydrogen) atoms. The molecule has 0 unspecified atom stereocenters. The number of carbonyl (C=O) groups excluding carboxylic acids is 1. The molecule has 1 N–H and O–H groups in total. The monoisotopic (exact) mass is 355 g/mol. The van der Waals surface area contributed by atoms with Crippen LogP contribution in [-0.2, 0) is 21.5 Å². The average molecular weight is 355 g/mol. The second-order valence-corrected chi connectivity index (χ2v) is 7.05. The van der Waals surface area contributed by atoms with Crippen LogP contribution in [0.25, 0.3) is 0 Å². The van der Waals surface area contributed by atoms with Gasteiger partial charge in [0.25, 0.3) is 0 Å². The Hall–Kier alpha value is -2.34. The second kappa shape index (κ2) is 7.11. The van der Waals surface area contributed by atoms with Crippen molar-refractivity contribution in [3.63, 3.8) is 0 Å². The molecule has 2 heterocycles. The van der Waals surface area contributed by atoms with Crippen LogP contribution in [0.5, 0.6) is 0 Å². The summed E-state index contributed by atoms with van der Waals surface area (Å²) < 4.78 is 19.7. The van der Waals surface area contributed by atoms with Crippen LogP contribution in [-0.4, -0.2) is 22.5 Å². The average Bonchev–Trinajstić information content (AvgIpc) is 3.49. The summed E-state index contributed by atoms with van der Waals surface area (Å²) in [6.07, 6.45) is 7.94. The standard InChI is InChI=1S/C20H22FN3O2/c21-16-6-2-1-5-15(16)20(8-9-20)19(25)24-13-14-11-22-18(23-12-14)17-7-3-4-10-26-17/h1-2,5-6,11-12,17H,3-4,7-10,13H2,(H,24,25)/t17-/m1/s1. The van der Waals surface area contributed by atoms with Gasteiger partial charge in [-0.15, -0.1) is 0 Å². The number of rotatable bonds is 5. The van der Waals surface area contributed by atoms with Gasteiger partial charge in [0.2, 0.25) is 5.91 Å². The lowest BCUT2D eigenvalue weighted by Gasteiger charge is -2.21. The molecule has 1 aromatic carbocycles. The van der Waals surface area contributed by atoms with Gasteiger partial charge in [0.05, 0.1) is 5.41 Å². The third-order valence-corrected chi connectivity index (χ3v) is 5.22. The van der Waals surface area contributed by atoms with Gasteiger partial charge in [0, 0.05) is 36.7 Å². The summed E-state index contributed by atoms with van der Waals surface area (Å²) in [5, 5.41) is 2.91. The summed E-state index contributed by atoms with van der Waals surface area (Å²) in [5.74, 6) is 0.243. The molecule has 0 spiro atoms. The quantitative estimate of drug-likeness (QED) is 0.895. The summed E-state index contributed by atoms with van der Waals surface area (Å²) in [7, 11) is 0. The molecular formula is C20H22FN3O2. The second-order valence-electron chi connectivity index (χ2n) is 7.05. The Balaban J connectivity index is 1.38. The normalized spacial score (nSPS) is 21.2. The van der Waals surface area contributed by atoms with Crippen molar-refractivity contribution < 1.29 is 13.9 Å². The Morgan fingerprint density at radius 2 is 2.00 bits per heavy atom. The van der Waals surface area contributed by atoms with E-state index in [1.54, 1.807) is 30.6 Å². The lowest BCUT2D eigenvalue weighted by Crippen LogP contribution is -2.35. The first-order valence-corrected chi connectivity index (χ1v) is 9.15. The molecule has 5 nitrogen and oxygen atoms in total. The molecule has 4 rings (SSSR count). The molecule has 1 atom stereocenters. The van der Waals surface area contributed by atoms with Gasteiger partial charge in [-0.05, 0) is 38.2 Å². The van der Waals surface area contributed by atoms with Crippen molar-refractivity contribution in [2.75, 3.05) is 6.61 Å². The number of amides is 1. The maximum atomic E-state index is 14.1. The minimum atomic E-state index is -0.720. The lowest BCUT2D eigenvalue weighted by atomic mass is 9.94. The summed E-state index contributed by atoms with van der Waals surface area (Å²) in [5.41, 5.74) is 0.586. The van der Waals surface area contributed by atoms with Crippen molar-refractivity contribution in [1.29, 1.82) is 0 Å². The Kier molecular flexibility index (Phi) is 4.68. The number of carbonyl (C=O) groups is 1. The van der Waals surface area contributed by atoms with Crippen molar-refractivity contribution in [3.05, 3.63) is 59.4 Å². The Bertz CT molecular complexity index is 784. The SMILES string of the molecule is O=C(NCc1cnc([C@H]2CCCCO2)nc1)C1(c2ccccc2F)CC1. The summed E-state index contributed by atoms with van der Waals surface area (Å²) >= 11 is 0. The number of hydrogen-bond donors (Lipinski definition) is 1. The molecule has 0 bridgehead atoms. The fourth-order valence-electron chi connectivity index (χ4n) is 3.51. The Labute approximate surface area is 152 Å². The van der Waals surface area contributed by atoms with E-state index in [2.05, 4.69) is 15.3 Å². The highest BCUT2D eigenvalue weighted by Gasteiger charge is 2.52. The largest absolute Gasteiger partial charge is 0.370 e. The van der Waals surface area contributed by atoms with Crippen LogP contribution in [0.15, 0.2) is 36.7 Å². The zero-order chi connectivity index (χ0) is 18.0. The maximum Gasteiger partial charge on any atom is 0.231 e. The highest BCUT2D eigenvalue weighted by atomic mass is 19.1. The molecule has 1 aliphatic carbocycles. The minimum Gasteiger partial charge on any atom is -0.370 e. The van der Waals surface area contributed by atoms with Crippen LogP contribution in [0.1, 0.15) is 55.2 Å². The zero-order valence-corrected chi connectivity index (χ0v) is 14.6. The molecular weight excluding hydrogens is 333 g/mol. The maximum absolute atomic E-state index is 14.1. The van der Waals surface area contributed by atoms with Gasteiger partial charge in [-0.25, -0.2) is 14.4 Å². The Morgan fingerprint density at radius 3 is 2.65 bits per heavy atom. The first-order chi connectivity index (χ1) is 12.7. The van der Waals surface area contributed by atoms with Gasteiger partial charge in [-0.2, -0.15) is 0 Å². The molecule has 2 aliphatic rings. The molecule has 0 radical (unpaired) electrons. The smallest absolute Gasteiger partial charge is 0.231 e. The van der Waals surface area contributed by atoms with Crippen molar-refractivity contribution >= 4 is 5.91 Å². The highest BCUT2D eigenvalue weighted by molar-refractivity contribution is 5.91. The number of nitrogens with one attached hydrogen (secondary N) is 1. The van der Waals surface area contributed by atoms with E-state index < -0.39 is 5.41 Å². The van der Waals surface area contributed by atoms with Crippen molar-refractivity contribution in [3.8, 4) is 0 Å².